The molecule has 0 radical (unpaired) electrons. The normalized spacial score (nSPS) is 11.3. The topological polar surface area (TPSA) is 75.7 Å². The van der Waals surface area contributed by atoms with E-state index in [4.69, 9.17) is 20.0 Å². The molecule has 0 unspecified atom stereocenters. The molecule has 0 saturated carbocycles. The Morgan fingerprint density at radius 3 is 1.25 bits per heavy atom. The van der Waals surface area contributed by atoms with Crippen molar-refractivity contribution in [2.24, 2.45) is 5.73 Å². The summed E-state index contributed by atoms with van der Waals surface area (Å²) in [5, 5.41) is 0. The number of nitrogens with two attached hydrogens (primary N) is 1. The van der Waals surface area contributed by atoms with E-state index in [2.05, 4.69) is 25.7 Å². The first-order valence-corrected chi connectivity index (χ1v) is 14.5. The van der Waals surface area contributed by atoms with Crippen molar-refractivity contribution in [2.75, 3.05) is 13.2 Å². The van der Waals surface area contributed by atoms with Crippen molar-refractivity contribution in [1.82, 2.24) is 0 Å². The van der Waals surface area contributed by atoms with E-state index >= 15 is 0 Å². The highest BCUT2D eigenvalue weighted by molar-refractivity contribution is 8.06. The maximum Gasteiger partial charge on any atom is 0.321 e. The molecule has 0 aromatic heterocycles. The molecule has 6 heteroatoms. The average molecular weight is 440 g/mol. The second-order valence-electron chi connectivity index (χ2n) is 7.77. The monoisotopic (exact) mass is 439 g/mol. The van der Waals surface area contributed by atoms with Crippen LogP contribution in [0.25, 0.3) is 0 Å². The lowest BCUT2D eigenvalue weighted by Gasteiger charge is -2.07. The Labute approximate surface area is 181 Å². The van der Waals surface area contributed by atoms with E-state index in [1.807, 2.05) is 0 Å². The van der Waals surface area contributed by atoms with E-state index in [9.17, 15) is 0 Å². The van der Waals surface area contributed by atoms with Crippen molar-refractivity contribution < 1.29 is 14.3 Å². The molecule has 0 fully saturated rings. The molecule has 28 heavy (non-hydrogen) atoms. The van der Waals surface area contributed by atoms with Crippen molar-refractivity contribution >= 4 is 18.5 Å². The van der Waals surface area contributed by atoms with Gasteiger partial charge in [0.2, 0.25) is 0 Å². The molecule has 0 aliphatic heterocycles. The number of hydrogen-bond acceptors (Lipinski definition) is 3. The molecule has 0 amide bonds. The zero-order valence-electron chi connectivity index (χ0n) is 18.9. The van der Waals surface area contributed by atoms with Crippen LogP contribution >= 0.6 is 6.72 Å². The van der Waals surface area contributed by atoms with Gasteiger partial charge in [0, 0.05) is 0 Å². The summed E-state index contributed by atoms with van der Waals surface area (Å²) in [5.41, 5.74) is 5.34. The summed E-state index contributed by atoms with van der Waals surface area (Å²) in [6.45, 7) is 2.32. The number of rotatable bonds is 20. The molecule has 0 aromatic carbocycles. The Hall–Kier alpha value is 0.490. The van der Waals surface area contributed by atoms with Crippen LogP contribution in [-0.4, -0.2) is 22.9 Å². The van der Waals surface area contributed by atoms with Crippen LogP contribution < -0.4 is 5.73 Å². The van der Waals surface area contributed by atoms with Gasteiger partial charge in [0.15, 0.2) is 0 Å². The van der Waals surface area contributed by atoms with Crippen LogP contribution in [0.2, 0.25) is 0 Å². The Balaban J connectivity index is 0. The molecule has 0 heterocycles. The molecule has 0 rings (SSSR count). The minimum atomic E-state index is -3.41. The Morgan fingerprint density at radius 2 is 0.929 bits per heavy atom. The van der Waals surface area contributed by atoms with Gasteiger partial charge in [0.25, 0.3) is 0 Å². The molecule has 0 aliphatic rings. The summed E-state index contributed by atoms with van der Waals surface area (Å²) in [5.74, 6) is 0. The smallest absolute Gasteiger partial charge is 0.321 e. The zero-order chi connectivity index (χ0) is 21.3. The van der Waals surface area contributed by atoms with Gasteiger partial charge in [-0.15, -0.1) is 0 Å². The molecular formula is C22H50NO3PS. The molecule has 0 aromatic rings. The molecule has 4 nitrogen and oxygen atoms in total. The molecule has 172 valence electrons. The van der Waals surface area contributed by atoms with Crippen LogP contribution in [0.15, 0.2) is 0 Å². The van der Waals surface area contributed by atoms with Gasteiger partial charge in [-0.3, -0.25) is 0 Å². The maximum atomic E-state index is 8.85. The predicted octanol–water partition coefficient (Wildman–Crippen LogP) is 7.22. The number of unbranched alkanes of at least 4 members (excludes halogenated alkanes) is 16. The van der Waals surface area contributed by atoms with Gasteiger partial charge in [0.05, 0.1) is 6.61 Å². The van der Waals surface area contributed by atoms with E-state index in [0.717, 1.165) is 19.4 Å². The minimum absolute atomic E-state index is 0.377. The quantitative estimate of drug-likeness (QED) is 0.138. The summed E-state index contributed by atoms with van der Waals surface area (Å²) in [7, 11) is 0. The summed E-state index contributed by atoms with van der Waals surface area (Å²) in [4.78, 5) is 17.7. The molecule has 4 N–H and O–H groups in total. The SMILES string of the molecule is CCCCCCCCCCCCCCOP(O)(O)=S.CCCCCCCCN. The Bertz CT molecular complexity index is 321. The van der Waals surface area contributed by atoms with Crippen LogP contribution in [0.5, 0.6) is 0 Å². The van der Waals surface area contributed by atoms with Crippen LogP contribution in [0.1, 0.15) is 129 Å². The first kappa shape index (κ1) is 30.7. The third-order valence-electron chi connectivity index (χ3n) is 4.82. The maximum absolute atomic E-state index is 8.85. The van der Waals surface area contributed by atoms with E-state index < -0.39 is 6.72 Å². The van der Waals surface area contributed by atoms with Crippen LogP contribution in [0.4, 0.5) is 0 Å². The van der Waals surface area contributed by atoms with E-state index in [-0.39, 0.29) is 0 Å². The van der Waals surface area contributed by atoms with Crippen LogP contribution in [0.3, 0.4) is 0 Å². The molecule has 0 atom stereocenters. The van der Waals surface area contributed by atoms with Crippen molar-refractivity contribution in [1.29, 1.82) is 0 Å². The molecule has 0 aliphatic carbocycles. The first-order chi connectivity index (χ1) is 13.5. The predicted molar refractivity (Wildman–Crippen MR) is 128 cm³/mol. The Kier molecular flexibility index (Phi) is 28.0. The van der Waals surface area contributed by atoms with Crippen molar-refractivity contribution in [3.63, 3.8) is 0 Å². The second-order valence-corrected chi connectivity index (χ2v) is 10.4. The van der Waals surface area contributed by atoms with Gasteiger partial charge < -0.3 is 20.0 Å². The molecule has 0 spiro atoms. The van der Waals surface area contributed by atoms with Crippen molar-refractivity contribution in [3.05, 3.63) is 0 Å². The highest BCUT2D eigenvalue weighted by atomic mass is 32.5. The fraction of sp³-hybridized carbons (Fsp3) is 1.00. The van der Waals surface area contributed by atoms with E-state index in [1.165, 1.54) is 103 Å². The fourth-order valence-electron chi connectivity index (χ4n) is 3.05. The zero-order valence-corrected chi connectivity index (χ0v) is 20.6. The van der Waals surface area contributed by atoms with Gasteiger partial charge in [-0.1, -0.05) is 117 Å². The van der Waals surface area contributed by atoms with E-state index in [0.29, 0.717) is 6.61 Å². The average Bonchev–Trinajstić information content (AvgIpc) is 2.65. The second kappa shape index (κ2) is 25.5. The highest BCUT2D eigenvalue weighted by Crippen LogP contribution is 2.36. The first-order valence-electron chi connectivity index (χ1n) is 11.9. The van der Waals surface area contributed by atoms with Crippen LogP contribution in [0, 0.1) is 0 Å². The highest BCUT2D eigenvalue weighted by Gasteiger charge is 2.06. The molecule has 0 bridgehead atoms. The summed E-state index contributed by atoms with van der Waals surface area (Å²) in [6, 6.07) is 0. The van der Waals surface area contributed by atoms with Crippen molar-refractivity contribution in [3.8, 4) is 0 Å². The van der Waals surface area contributed by atoms with Gasteiger partial charge in [-0.05, 0) is 31.2 Å². The largest absolute Gasteiger partial charge is 0.330 e. The fourth-order valence-corrected chi connectivity index (χ4v) is 3.64. The summed E-state index contributed by atoms with van der Waals surface area (Å²) < 4.78 is 4.76. The third-order valence-corrected chi connectivity index (χ3v) is 5.65. The Morgan fingerprint density at radius 1 is 0.607 bits per heavy atom. The van der Waals surface area contributed by atoms with Gasteiger partial charge in [-0.2, -0.15) is 0 Å². The third kappa shape index (κ3) is 34.0. The lowest BCUT2D eigenvalue weighted by atomic mass is 10.1. The summed E-state index contributed by atoms with van der Waals surface area (Å²) in [6.07, 6.45) is 23.5. The number of hydrogen-bond donors (Lipinski definition) is 3. The van der Waals surface area contributed by atoms with Crippen molar-refractivity contribution in [2.45, 2.75) is 129 Å². The van der Waals surface area contributed by atoms with Gasteiger partial charge in [0.1, 0.15) is 0 Å². The van der Waals surface area contributed by atoms with Gasteiger partial charge in [-0.25, -0.2) is 0 Å². The lowest BCUT2D eigenvalue weighted by Crippen LogP contribution is -1.97. The minimum Gasteiger partial charge on any atom is -0.330 e. The summed E-state index contributed by atoms with van der Waals surface area (Å²) >= 11 is 4.37. The van der Waals surface area contributed by atoms with E-state index in [1.54, 1.807) is 0 Å². The lowest BCUT2D eigenvalue weighted by molar-refractivity contribution is 0.245. The molecule has 0 saturated heterocycles. The van der Waals surface area contributed by atoms with Gasteiger partial charge >= 0.3 is 6.72 Å². The standard InChI is InChI=1S/C14H31O3PS.C8H19N/c1-2-3-4-5-6-7-8-9-10-11-12-13-14-17-18(15,16)19;1-2-3-4-5-6-7-8-9/h2-14H2,1H3,(H2,15,16,19);2-9H2,1H3. The van der Waals surface area contributed by atoms with Crippen LogP contribution in [-0.2, 0) is 16.3 Å². The molecular weight excluding hydrogens is 389 g/mol.